The summed E-state index contributed by atoms with van der Waals surface area (Å²) in [5.74, 6) is -0.681. The van der Waals surface area contributed by atoms with E-state index in [1.54, 1.807) is 12.1 Å². The molecule has 0 saturated carbocycles. The average molecular weight is 400 g/mol. The minimum Gasteiger partial charge on any atom is -0.419 e. The first-order valence-electron chi connectivity index (χ1n) is 8.46. The summed E-state index contributed by atoms with van der Waals surface area (Å²) < 4.78 is 20.0. The molecule has 3 rings (SSSR count). The highest BCUT2D eigenvalue weighted by molar-refractivity contribution is 5.93. The summed E-state index contributed by atoms with van der Waals surface area (Å²) in [6, 6.07) is 17.8. The number of rotatable bonds is 6. The van der Waals surface area contributed by atoms with Crippen LogP contribution in [0.2, 0.25) is 0 Å². The summed E-state index contributed by atoms with van der Waals surface area (Å²) in [5, 5.41) is 17.0. The zero-order valence-electron chi connectivity index (χ0n) is 15.3. The quantitative estimate of drug-likeness (QED) is 0.348. The Hall–Kier alpha value is -4.82. The Morgan fingerprint density at radius 1 is 0.600 bits per heavy atom. The third-order valence-electron chi connectivity index (χ3n) is 3.76. The Morgan fingerprint density at radius 2 is 0.967 bits per heavy atom. The molecule has 0 spiro atoms. The molecule has 30 heavy (non-hydrogen) atoms. The first kappa shape index (κ1) is 19.9. The molecule has 8 heteroatoms. The molecular weight excluding hydrogens is 388 g/mol. The Labute approximate surface area is 171 Å². The standard InChI is InChI=1S/C22H12N2O6/c23-13-27-17-9-5-15(6-10-17)21(25)29-19-3-1-2-4-20(19)30-22(26)16-7-11-18(12-8-16)28-14-24/h1-12H. The van der Waals surface area contributed by atoms with Crippen molar-refractivity contribution in [3.8, 4) is 35.5 Å². The molecule has 0 N–H and O–H groups in total. The molecule has 0 heterocycles. The van der Waals surface area contributed by atoms with Crippen LogP contribution in [-0.2, 0) is 0 Å². The van der Waals surface area contributed by atoms with Crippen molar-refractivity contribution in [1.82, 2.24) is 0 Å². The topological polar surface area (TPSA) is 119 Å². The number of hydrogen-bond donors (Lipinski definition) is 0. The predicted molar refractivity (Wildman–Crippen MR) is 102 cm³/mol. The number of carbonyl (C=O) groups is 2. The SMILES string of the molecule is N#COc1ccc(C(=O)Oc2ccccc2OC(=O)c2ccc(OC#N)cc2)cc1. The number of hydrogen-bond acceptors (Lipinski definition) is 8. The van der Waals surface area contributed by atoms with E-state index in [1.165, 1.54) is 73.2 Å². The van der Waals surface area contributed by atoms with Crippen molar-refractivity contribution in [3.63, 3.8) is 0 Å². The molecule has 0 aromatic heterocycles. The molecule has 0 aliphatic rings. The van der Waals surface area contributed by atoms with Gasteiger partial charge in [0, 0.05) is 0 Å². The van der Waals surface area contributed by atoms with Gasteiger partial charge in [0.05, 0.1) is 11.1 Å². The Balaban J connectivity index is 1.72. The van der Waals surface area contributed by atoms with E-state index in [0.717, 1.165) is 0 Å². The maximum absolute atomic E-state index is 12.4. The van der Waals surface area contributed by atoms with Crippen molar-refractivity contribution in [2.24, 2.45) is 0 Å². The van der Waals surface area contributed by atoms with E-state index in [1.807, 2.05) is 0 Å². The van der Waals surface area contributed by atoms with Gasteiger partial charge in [-0.3, -0.25) is 0 Å². The number of esters is 2. The summed E-state index contributed by atoms with van der Waals surface area (Å²) in [5.41, 5.74) is 0.434. The number of carbonyl (C=O) groups excluding carboxylic acids is 2. The molecule has 0 unspecified atom stereocenters. The lowest BCUT2D eigenvalue weighted by Gasteiger charge is -2.10. The van der Waals surface area contributed by atoms with E-state index in [0.29, 0.717) is 0 Å². The zero-order valence-corrected chi connectivity index (χ0v) is 15.3. The van der Waals surface area contributed by atoms with Crippen molar-refractivity contribution < 1.29 is 28.5 Å². The number of ether oxygens (including phenoxy) is 4. The van der Waals surface area contributed by atoms with Crippen molar-refractivity contribution in [2.75, 3.05) is 0 Å². The van der Waals surface area contributed by atoms with Crippen LogP contribution in [0.4, 0.5) is 0 Å². The van der Waals surface area contributed by atoms with E-state index in [-0.39, 0.29) is 34.1 Å². The smallest absolute Gasteiger partial charge is 0.343 e. The minimum atomic E-state index is -0.681. The van der Waals surface area contributed by atoms with Crippen LogP contribution in [0.15, 0.2) is 72.8 Å². The molecule has 0 amide bonds. The first-order valence-corrected chi connectivity index (χ1v) is 8.46. The number of nitrogens with zero attached hydrogens (tertiary/aromatic N) is 2. The van der Waals surface area contributed by atoms with Gasteiger partial charge in [-0.1, -0.05) is 12.1 Å². The summed E-state index contributed by atoms with van der Waals surface area (Å²) in [4.78, 5) is 24.8. The molecule has 8 nitrogen and oxygen atoms in total. The van der Waals surface area contributed by atoms with Crippen molar-refractivity contribution in [2.45, 2.75) is 0 Å². The highest BCUT2D eigenvalue weighted by Gasteiger charge is 2.16. The van der Waals surface area contributed by atoms with Crippen LogP contribution in [0, 0.1) is 23.0 Å². The van der Waals surface area contributed by atoms with Crippen LogP contribution < -0.4 is 18.9 Å². The molecule has 0 radical (unpaired) electrons. The summed E-state index contributed by atoms with van der Waals surface area (Å²) >= 11 is 0. The average Bonchev–Trinajstić information content (AvgIpc) is 2.76. The van der Waals surface area contributed by atoms with Crippen LogP contribution in [0.3, 0.4) is 0 Å². The van der Waals surface area contributed by atoms with Crippen molar-refractivity contribution in [1.29, 1.82) is 10.5 Å². The fourth-order valence-electron chi connectivity index (χ4n) is 2.36. The lowest BCUT2D eigenvalue weighted by Crippen LogP contribution is -2.12. The Morgan fingerprint density at radius 3 is 1.30 bits per heavy atom. The van der Waals surface area contributed by atoms with Gasteiger partial charge in [0.1, 0.15) is 11.5 Å². The molecule has 3 aromatic rings. The van der Waals surface area contributed by atoms with Gasteiger partial charge in [-0.2, -0.15) is 0 Å². The summed E-state index contributed by atoms with van der Waals surface area (Å²) in [6.45, 7) is 0. The maximum Gasteiger partial charge on any atom is 0.343 e. The molecular formula is C22H12N2O6. The summed E-state index contributed by atoms with van der Waals surface area (Å²) in [6.07, 6.45) is 3.07. The van der Waals surface area contributed by atoms with Gasteiger partial charge in [0.2, 0.25) is 0 Å². The zero-order chi connectivity index (χ0) is 21.3. The fourth-order valence-corrected chi connectivity index (χ4v) is 2.36. The molecule has 146 valence electrons. The molecule has 3 aromatic carbocycles. The van der Waals surface area contributed by atoms with E-state index in [9.17, 15) is 9.59 Å². The van der Waals surface area contributed by atoms with E-state index in [2.05, 4.69) is 9.47 Å². The largest absolute Gasteiger partial charge is 0.419 e. The molecule has 0 fully saturated rings. The third-order valence-corrected chi connectivity index (χ3v) is 3.76. The van der Waals surface area contributed by atoms with Crippen LogP contribution in [0.5, 0.6) is 23.0 Å². The molecule has 0 aliphatic heterocycles. The highest BCUT2D eigenvalue weighted by atomic mass is 16.6. The Kier molecular flexibility index (Phi) is 6.24. The normalized spacial score (nSPS) is 9.53. The van der Waals surface area contributed by atoms with Gasteiger partial charge in [0.25, 0.3) is 12.5 Å². The van der Waals surface area contributed by atoms with Gasteiger partial charge in [-0.25, -0.2) is 9.59 Å². The van der Waals surface area contributed by atoms with E-state index < -0.39 is 11.9 Å². The highest BCUT2D eigenvalue weighted by Crippen LogP contribution is 2.28. The van der Waals surface area contributed by atoms with Crippen molar-refractivity contribution in [3.05, 3.63) is 83.9 Å². The van der Waals surface area contributed by atoms with E-state index in [4.69, 9.17) is 20.0 Å². The van der Waals surface area contributed by atoms with E-state index >= 15 is 0 Å². The third kappa shape index (κ3) is 4.91. The second-order valence-electron chi connectivity index (χ2n) is 5.66. The predicted octanol–water partition coefficient (Wildman–Crippen LogP) is 3.84. The second-order valence-corrected chi connectivity index (χ2v) is 5.66. The molecule has 0 aliphatic carbocycles. The van der Waals surface area contributed by atoms with Crippen LogP contribution >= 0.6 is 0 Å². The van der Waals surface area contributed by atoms with Crippen molar-refractivity contribution >= 4 is 11.9 Å². The monoisotopic (exact) mass is 400 g/mol. The van der Waals surface area contributed by atoms with Crippen LogP contribution in [0.25, 0.3) is 0 Å². The van der Waals surface area contributed by atoms with Gasteiger partial charge >= 0.3 is 11.9 Å². The molecule has 0 bridgehead atoms. The van der Waals surface area contributed by atoms with Gasteiger partial charge in [-0.15, -0.1) is 10.5 Å². The summed E-state index contributed by atoms with van der Waals surface area (Å²) in [7, 11) is 0. The molecule has 0 saturated heterocycles. The molecule has 0 atom stereocenters. The Bertz CT molecular complexity index is 1050. The van der Waals surface area contributed by atoms with Crippen LogP contribution in [0.1, 0.15) is 20.7 Å². The first-order chi connectivity index (χ1) is 14.6. The number of benzene rings is 3. The second kappa shape index (κ2) is 9.40. The van der Waals surface area contributed by atoms with Gasteiger partial charge in [0.15, 0.2) is 11.5 Å². The number of para-hydroxylation sites is 2. The minimum absolute atomic E-state index is 0.0534. The maximum atomic E-state index is 12.4. The number of nitriles is 2. The van der Waals surface area contributed by atoms with Gasteiger partial charge in [-0.05, 0) is 60.7 Å². The van der Waals surface area contributed by atoms with Crippen LogP contribution in [-0.4, -0.2) is 11.9 Å². The fraction of sp³-hybridized carbons (Fsp3) is 0. The lowest BCUT2D eigenvalue weighted by molar-refractivity contribution is 0.0682. The lowest BCUT2D eigenvalue weighted by atomic mass is 10.2. The van der Waals surface area contributed by atoms with Gasteiger partial charge < -0.3 is 18.9 Å².